The maximum Gasteiger partial charge on any atom is 0.248 e. The summed E-state index contributed by atoms with van der Waals surface area (Å²) in [4.78, 5) is 11.1. The summed E-state index contributed by atoms with van der Waals surface area (Å²) in [5.41, 5.74) is 8.41. The van der Waals surface area contributed by atoms with Crippen LogP contribution in [0.2, 0.25) is 0 Å². The molecule has 1 fully saturated rings. The number of carbonyl (C=O) groups excluding carboxylic acids is 1. The van der Waals surface area contributed by atoms with E-state index < -0.39 is 5.91 Å². The van der Waals surface area contributed by atoms with Crippen LogP contribution in [0.1, 0.15) is 27.0 Å². The largest absolute Gasteiger partial charge is 0.378 e. The number of ether oxygens (including phenoxy) is 1. The molecule has 0 atom stereocenters. The van der Waals surface area contributed by atoms with Gasteiger partial charge in [0.1, 0.15) is 0 Å². The lowest BCUT2D eigenvalue weighted by Crippen LogP contribution is -2.32. The Labute approximate surface area is 147 Å². The summed E-state index contributed by atoms with van der Waals surface area (Å²) in [5, 5.41) is 6.51. The second-order valence-electron chi connectivity index (χ2n) is 5.59. The van der Waals surface area contributed by atoms with Gasteiger partial charge >= 0.3 is 0 Å². The Morgan fingerprint density at radius 1 is 1.08 bits per heavy atom. The van der Waals surface area contributed by atoms with Crippen molar-refractivity contribution in [2.75, 3.05) is 26.3 Å². The number of primary amides is 1. The number of benzene rings is 2. The van der Waals surface area contributed by atoms with Gasteiger partial charge in [0.25, 0.3) is 0 Å². The van der Waals surface area contributed by atoms with E-state index in [1.807, 2.05) is 35.5 Å². The van der Waals surface area contributed by atoms with Crippen LogP contribution in [0.3, 0.4) is 0 Å². The second-order valence-corrected chi connectivity index (χ2v) is 5.59. The van der Waals surface area contributed by atoms with E-state index in [9.17, 15) is 4.79 Å². The van der Waals surface area contributed by atoms with Crippen LogP contribution in [0.4, 0.5) is 0 Å². The van der Waals surface area contributed by atoms with Crippen LogP contribution in [0.15, 0.2) is 53.6 Å². The van der Waals surface area contributed by atoms with E-state index in [0.717, 1.165) is 29.8 Å². The molecular weight excluding hydrogens is 314 g/mol. The molecule has 0 unspecified atom stereocenters. The Balaban J connectivity index is 1.77. The number of rotatable bonds is 3. The Kier molecular flexibility index (Phi) is 5.45. The van der Waals surface area contributed by atoms with Crippen molar-refractivity contribution in [2.24, 2.45) is 10.8 Å². The maximum atomic E-state index is 11.1. The molecule has 2 N–H and O–H groups in total. The summed E-state index contributed by atoms with van der Waals surface area (Å²) in [6.45, 7) is 3.02. The molecule has 2 aromatic rings. The van der Waals surface area contributed by atoms with Crippen molar-refractivity contribution in [2.45, 2.75) is 0 Å². The summed E-state index contributed by atoms with van der Waals surface area (Å²) >= 11 is 0. The molecule has 0 radical (unpaired) electrons. The fourth-order valence-electron chi connectivity index (χ4n) is 2.39. The highest BCUT2D eigenvalue weighted by atomic mass is 16.5. The Morgan fingerprint density at radius 2 is 1.80 bits per heavy atom. The molecule has 1 aliphatic rings. The lowest BCUT2D eigenvalue weighted by atomic mass is 10.1. The summed E-state index contributed by atoms with van der Waals surface area (Å²) < 4.78 is 5.32. The molecule has 0 saturated carbocycles. The Hall–Kier alpha value is -3.10. The summed E-state index contributed by atoms with van der Waals surface area (Å²) in [7, 11) is 0. The van der Waals surface area contributed by atoms with Crippen molar-refractivity contribution < 1.29 is 9.53 Å². The Morgan fingerprint density at radius 3 is 2.52 bits per heavy atom. The smallest absolute Gasteiger partial charge is 0.248 e. The fraction of sp³-hybridized carbons (Fsp3) is 0.200. The van der Waals surface area contributed by atoms with Gasteiger partial charge in [0, 0.05) is 22.3 Å². The SMILES string of the molecule is NC(=O)c1ccc(C#Cc2ccccc2/C=N/N2CCOCC2)cc1. The van der Waals surface area contributed by atoms with Crippen molar-refractivity contribution in [3.05, 3.63) is 70.8 Å². The van der Waals surface area contributed by atoms with Crippen LogP contribution in [-0.4, -0.2) is 43.4 Å². The lowest BCUT2D eigenvalue weighted by molar-refractivity contribution is 0.0397. The predicted molar refractivity (Wildman–Crippen MR) is 97.4 cm³/mol. The quantitative estimate of drug-likeness (QED) is 0.688. The van der Waals surface area contributed by atoms with Gasteiger partial charge in [0.2, 0.25) is 5.91 Å². The first kappa shape index (κ1) is 16.7. The van der Waals surface area contributed by atoms with E-state index in [-0.39, 0.29) is 0 Å². The van der Waals surface area contributed by atoms with Crippen LogP contribution in [-0.2, 0) is 4.74 Å². The molecule has 1 aliphatic heterocycles. The number of carbonyl (C=O) groups is 1. The van der Waals surface area contributed by atoms with Gasteiger partial charge in [0.15, 0.2) is 0 Å². The van der Waals surface area contributed by atoms with Crippen LogP contribution in [0.25, 0.3) is 0 Å². The summed E-state index contributed by atoms with van der Waals surface area (Å²) in [5.74, 6) is 5.83. The highest BCUT2D eigenvalue weighted by Crippen LogP contribution is 2.07. The molecule has 5 nitrogen and oxygen atoms in total. The molecular formula is C20H19N3O2. The van der Waals surface area contributed by atoms with Gasteiger partial charge in [-0.15, -0.1) is 0 Å². The van der Waals surface area contributed by atoms with Crippen molar-refractivity contribution in [1.82, 2.24) is 5.01 Å². The number of hydrazone groups is 1. The van der Waals surface area contributed by atoms with Gasteiger partial charge in [-0.25, -0.2) is 0 Å². The van der Waals surface area contributed by atoms with E-state index in [2.05, 4.69) is 16.9 Å². The average Bonchev–Trinajstić information content (AvgIpc) is 2.66. The molecule has 0 aliphatic carbocycles. The lowest BCUT2D eigenvalue weighted by Gasteiger charge is -2.23. The molecule has 1 saturated heterocycles. The van der Waals surface area contributed by atoms with E-state index in [0.29, 0.717) is 18.8 Å². The zero-order valence-corrected chi connectivity index (χ0v) is 13.8. The average molecular weight is 333 g/mol. The minimum atomic E-state index is -0.441. The van der Waals surface area contributed by atoms with Gasteiger partial charge in [-0.2, -0.15) is 5.10 Å². The second kappa shape index (κ2) is 8.13. The minimum absolute atomic E-state index is 0.441. The van der Waals surface area contributed by atoms with Gasteiger partial charge in [-0.3, -0.25) is 9.80 Å². The Bertz CT molecular complexity index is 826. The van der Waals surface area contributed by atoms with Crippen molar-refractivity contribution >= 4 is 12.1 Å². The van der Waals surface area contributed by atoms with Crippen LogP contribution >= 0.6 is 0 Å². The van der Waals surface area contributed by atoms with Gasteiger partial charge in [-0.05, 0) is 30.3 Å². The maximum absolute atomic E-state index is 11.1. The molecule has 1 heterocycles. The van der Waals surface area contributed by atoms with Gasteiger partial charge in [-0.1, -0.05) is 30.0 Å². The van der Waals surface area contributed by atoms with E-state index >= 15 is 0 Å². The van der Waals surface area contributed by atoms with Crippen molar-refractivity contribution in [1.29, 1.82) is 0 Å². The van der Waals surface area contributed by atoms with Crippen molar-refractivity contribution in [3.8, 4) is 11.8 Å². The van der Waals surface area contributed by atoms with Crippen LogP contribution in [0.5, 0.6) is 0 Å². The van der Waals surface area contributed by atoms with Crippen LogP contribution in [0, 0.1) is 11.8 Å². The topological polar surface area (TPSA) is 67.9 Å². The summed E-state index contributed by atoms with van der Waals surface area (Å²) in [6.07, 6.45) is 1.84. The van der Waals surface area contributed by atoms with Gasteiger partial charge in [0.05, 0.1) is 32.5 Å². The van der Waals surface area contributed by atoms with Crippen LogP contribution < -0.4 is 5.73 Å². The first-order valence-corrected chi connectivity index (χ1v) is 8.10. The highest BCUT2D eigenvalue weighted by Gasteiger charge is 2.06. The van der Waals surface area contributed by atoms with Gasteiger partial charge < -0.3 is 10.5 Å². The molecule has 0 bridgehead atoms. The molecule has 1 amide bonds. The first-order chi connectivity index (χ1) is 12.2. The zero-order valence-electron chi connectivity index (χ0n) is 13.8. The molecule has 25 heavy (non-hydrogen) atoms. The number of hydrogen-bond donors (Lipinski definition) is 1. The monoisotopic (exact) mass is 333 g/mol. The third-order valence-corrected chi connectivity index (χ3v) is 3.82. The van der Waals surface area contributed by atoms with E-state index in [1.54, 1.807) is 24.3 Å². The number of morpholine rings is 1. The molecule has 5 heteroatoms. The third-order valence-electron chi connectivity index (χ3n) is 3.82. The minimum Gasteiger partial charge on any atom is -0.378 e. The normalized spacial score (nSPS) is 14.2. The molecule has 2 aromatic carbocycles. The molecule has 3 rings (SSSR count). The molecule has 0 spiro atoms. The predicted octanol–water partition coefficient (Wildman–Crippen LogP) is 1.85. The number of nitrogens with two attached hydrogens (primary N) is 1. The number of hydrogen-bond acceptors (Lipinski definition) is 4. The van der Waals surface area contributed by atoms with E-state index in [1.165, 1.54) is 0 Å². The molecule has 0 aromatic heterocycles. The van der Waals surface area contributed by atoms with Crippen molar-refractivity contribution in [3.63, 3.8) is 0 Å². The highest BCUT2D eigenvalue weighted by molar-refractivity contribution is 5.92. The zero-order chi connectivity index (χ0) is 17.5. The summed E-state index contributed by atoms with van der Waals surface area (Å²) in [6, 6.07) is 14.8. The molecule has 126 valence electrons. The standard InChI is InChI=1S/C20H19N3O2/c21-20(24)18-9-6-16(7-10-18)5-8-17-3-1-2-4-19(17)15-22-23-11-13-25-14-12-23/h1-4,6-7,9-10,15H,11-14H2,(H2,21,24)/b22-15+. The number of nitrogens with zero attached hydrogens (tertiary/aromatic N) is 2. The van der Waals surface area contributed by atoms with E-state index in [4.69, 9.17) is 10.5 Å². The number of amides is 1. The first-order valence-electron chi connectivity index (χ1n) is 8.10. The third kappa shape index (κ3) is 4.69. The fourth-order valence-corrected chi connectivity index (χ4v) is 2.39.